The Balaban J connectivity index is 1.35. The molecule has 1 aromatic carbocycles. The first-order chi connectivity index (χ1) is 15.0. The maximum atomic E-state index is 13.9. The Morgan fingerprint density at radius 2 is 1.84 bits per heavy atom. The van der Waals surface area contributed by atoms with E-state index in [4.69, 9.17) is 4.74 Å². The quantitative estimate of drug-likeness (QED) is 0.677. The number of amides is 1. The van der Waals surface area contributed by atoms with Gasteiger partial charge in [0.05, 0.1) is 7.11 Å². The number of ether oxygens (including phenoxy) is 1. The highest BCUT2D eigenvalue weighted by Crippen LogP contribution is 2.21. The molecule has 3 heterocycles. The number of piperazine rings is 1. The number of methoxy groups -OCH3 is 1. The molecule has 2 aromatic heterocycles. The number of benzene rings is 1. The van der Waals surface area contributed by atoms with Crippen molar-refractivity contribution in [1.29, 1.82) is 0 Å². The van der Waals surface area contributed by atoms with E-state index in [2.05, 4.69) is 25.4 Å². The van der Waals surface area contributed by atoms with Crippen LogP contribution in [0.2, 0.25) is 0 Å². The molecule has 0 bridgehead atoms. The predicted molar refractivity (Wildman–Crippen MR) is 115 cm³/mol. The summed E-state index contributed by atoms with van der Waals surface area (Å²) in [6.07, 6.45) is 0. The highest BCUT2D eigenvalue weighted by molar-refractivity contribution is 5.94. The second kappa shape index (κ2) is 8.95. The molecule has 160 valence electrons. The van der Waals surface area contributed by atoms with Gasteiger partial charge in [0.15, 0.2) is 23.2 Å². The van der Waals surface area contributed by atoms with Crippen LogP contribution in [0.3, 0.4) is 0 Å². The minimum Gasteiger partial charge on any atom is -0.494 e. The first-order valence-corrected chi connectivity index (χ1v) is 9.95. The fourth-order valence-corrected chi connectivity index (χ4v) is 3.43. The van der Waals surface area contributed by atoms with Crippen molar-refractivity contribution in [2.24, 2.45) is 0 Å². The highest BCUT2D eigenvalue weighted by atomic mass is 19.1. The molecule has 1 aliphatic heterocycles. The lowest BCUT2D eigenvalue weighted by Gasteiger charge is -2.35. The lowest BCUT2D eigenvalue weighted by Crippen LogP contribution is -2.49. The molecule has 0 atom stereocenters. The Labute approximate surface area is 179 Å². The van der Waals surface area contributed by atoms with Crippen LogP contribution in [0.4, 0.5) is 21.8 Å². The van der Waals surface area contributed by atoms with Gasteiger partial charge in [-0.15, -0.1) is 10.2 Å². The van der Waals surface area contributed by atoms with Crippen LogP contribution in [0, 0.1) is 12.7 Å². The number of anilines is 3. The van der Waals surface area contributed by atoms with Crippen molar-refractivity contribution in [2.45, 2.75) is 6.92 Å². The number of aryl methyl sites for hydroxylation is 1. The van der Waals surface area contributed by atoms with Gasteiger partial charge < -0.3 is 19.9 Å². The van der Waals surface area contributed by atoms with Gasteiger partial charge in [-0.1, -0.05) is 6.07 Å². The van der Waals surface area contributed by atoms with E-state index in [1.54, 1.807) is 11.0 Å². The number of aromatic nitrogens is 3. The molecule has 3 aromatic rings. The molecular formula is C22H23FN6O2. The monoisotopic (exact) mass is 422 g/mol. The summed E-state index contributed by atoms with van der Waals surface area (Å²) in [4.78, 5) is 20.9. The summed E-state index contributed by atoms with van der Waals surface area (Å²) in [5, 5.41) is 11.7. The van der Waals surface area contributed by atoms with Gasteiger partial charge in [-0.3, -0.25) is 4.79 Å². The predicted octanol–water partition coefficient (Wildman–Crippen LogP) is 3.03. The zero-order valence-electron chi connectivity index (χ0n) is 17.4. The summed E-state index contributed by atoms with van der Waals surface area (Å²) >= 11 is 0. The molecule has 8 nitrogen and oxygen atoms in total. The molecule has 1 N–H and O–H groups in total. The lowest BCUT2D eigenvalue weighted by molar-refractivity contribution is 0.0746. The number of hydrogen-bond acceptors (Lipinski definition) is 7. The van der Waals surface area contributed by atoms with Gasteiger partial charge in [0.1, 0.15) is 5.82 Å². The first kappa shape index (κ1) is 20.5. The molecule has 4 rings (SSSR count). The van der Waals surface area contributed by atoms with E-state index in [0.29, 0.717) is 43.4 Å². The molecule has 0 saturated carbocycles. The van der Waals surface area contributed by atoms with Crippen molar-refractivity contribution in [3.8, 4) is 5.75 Å². The maximum Gasteiger partial charge on any atom is 0.254 e. The topological polar surface area (TPSA) is 83.5 Å². The normalized spacial score (nSPS) is 13.8. The minimum absolute atomic E-state index is 0.121. The summed E-state index contributed by atoms with van der Waals surface area (Å²) in [5.41, 5.74) is 1.23. The van der Waals surface area contributed by atoms with E-state index in [1.165, 1.54) is 19.2 Å². The summed E-state index contributed by atoms with van der Waals surface area (Å²) in [7, 11) is 1.39. The van der Waals surface area contributed by atoms with E-state index in [-0.39, 0.29) is 11.7 Å². The minimum atomic E-state index is -0.545. The summed E-state index contributed by atoms with van der Waals surface area (Å²) in [5.74, 6) is 1.44. The van der Waals surface area contributed by atoms with Gasteiger partial charge in [0, 0.05) is 37.4 Å². The standard InChI is InChI=1S/C22H23FN6O2/c1-15-4-3-5-19(24-15)25-20-8-9-21(27-26-20)28-10-12-29(13-11-28)22(30)16-6-7-18(31-2)17(23)14-16/h3-9,14H,10-13H2,1-2H3,(H,24,25,26). The van der Waals surface area contributed by atoms with Crippen LogP contribution in [0.15, 0.2) is 48.5 Å². The van der Waals surface area contributed by atoms with E-state index >= 15 is 0 Å². The first-order valence-electron chi connectivity index (χ1n) is 9.95. The van der Waals surface area contributed by atoms with E-state index < -0.39 is 5.82 Å². The smallest absolute Gasteiger partial charge is 0.254 e. The average Bonchev–Trinajstić information content (AvgIpc) is 2.79. The third kappa shape index (κ3) is 4.71. The lowest BCUT2D eigenvalue weighted by atomic mass is 10.1. The number of nitrogens with zero attached hydrogens (tertiary/aromatic N) is 5. The van der Waals surface area contributed by atoms with Gasteiger partial charge in [-0.25, -0.2) is 9.37 Å². The Bertz CT molecular complexity index is 1070. The largest absolute Gasteiger partial charge is 0.494 e. The van der Waals surface area contributed by atoms with E-state index in [0.717, 1.165) is 11.5 Å². The fourth-order valence-electron chi connectivity index (χ4n) is 3.43. The van der Waals surface area contributed by atoms with Gasteiger partial charge in [0.2, 0.25) is 0 Å². The molecule has 0 spiro atoms. The van der Waals surface area contributed by atoms with Gasteiger partial charge in [-0.2, -0.15) is 0 Å². The number of carbonyl (C=O) groups is 1. The molecule has 31 heavy (non-hydrogen) atoms. The molecule has 1 saturated heterocycles. The van der Waals surface area contributed by atoms with Crippen molar-refractivity contribution < 1.29 is 13.9 Å². The van der Waals surface area contributed by atoms with Crippen molar-refractivity contribution in [3.63, 3.8) is 0 Å². The third-order valence-electron chi connectivity index (χ3n) is 5.08. The molecule has 1 fully saturated rings. The average molecular weight is 422 g/mol. The molecule has 0 aliphatic carbocycles. The number of halogens is 1. The van der Waals surface area contributed by atoms with Crippen LogP contribution in [0.5, 0.6) is 5.75 Å². The second-order valence-electron chi connectivity index (χ2n) is 7.19. The number of pyridine rings is 1. The third-order valence-corrected chi connectivity index (χ3v) is 5.08. The molecule has 0 unspecified atom stereocenters. The molecule has 1 aliphatic rings. The Kier molecular flexibility index (Phi) is 5.92. The highest BCUT2D eigenvalue weighted by Gasteiger charge is 2.24. The molecular weight excluding hydrogens is 399 g/mol. The zero-order chi connectivity index (χ0) is 21.8. The maximum absolute atomic E-state index is 13.9. The van der Waals surface area contributed by atoms with Gasteiger partial charge >= 0.3 is 0 Å². The Hall–Kier alpha value is -3.75. The van der Waals surface area contributed by atoms with Crippen molar-refractivity contribution >= 4 is 23.4 Å². The van der Waals surface area contributed by atoms with Crippen molar-refractivity contribution in [2.75, 3.05) is 43.5 Å². The SMILES string of the molecule is COc1ccc(C(=O)N2CCN(c3ccc(Nc4cccc(C)n4)nn3)CC2)cc1F. The van der Waals surface area contributed by atoms with Crippen LogP contribution in [-0.2, 0) is 0 Å². The van der Waals surface area contributed by atoms with Gasteiger partial charge in [-0.05, 0) is 49.4 Å². The molecule has 9 heteroatoms. The van der Waals surface area contributed by atoms with Crippen LogP contribution in [-0.4, -0.2) is 59.3 Å². The van der Waals surface area contributed by atoms with Crippen LogP contribution < -0.4 is 15.0 Å². The van der Waals surface area contributed by atoms with Gasteiger partial charge in [0.25, 0.3) is 5.91 Å². The summed E-state index contributed by atoms with van der Waals surface area (Å²) in [6.45, 7) is 4.19. The van der Waals surface area contributed by atoms with Crippen molar-refractivity contribution in [3.05, 3.63) is 65.6 Å². The second-order valence-corrected chi connectivity index (χ2v) is 7.19. The molecule has 1 amide bonds. The number of nitrogens with one attached hydrogen (secondary N) is 1. The van der Waals surface area contributed by atoms with Crippen LogP contribution in [0.25, 0.3) is 0 Å². The van der Waals surface area contributed by atoms with Crippen molar-refractivity contribution in [1.82, 2.24) is 20.1 Å². The van der Waals surface area contributed by atoms with E-state index in [1.807, 2.05) is 37.3 Å². The number of carbonyl (C=O) groups excluding carboxylic acids is 1. The van der Waals surface area contributed by atoms with Crippen LogP contribution in [0.1, 0.15) is 16.1 Å². The summed E-state index contributed by atoms with van der Waals surface area (Å²) in [6, 6.07) is 13.7. The number of hydrogen-bond donors (Lipinski definition) is 1. The van der Waals surface area contributed by atoms with Crippen LogP contribution >= 0.6 is 0 Å². The summed E-state index contributed by atoms with van der Waals surface area (Å²) < 4.78 is 18.8. The molecule has 0 radical (unpaired) electrons. The zero-order valence-corrected chi connectivity index (χ0v) is 17.4. The van der Waals surface area contributed by atoms with E-state index in [9.17, 15) is 9.18 Å². The Morgan fingerprint density at radius 1 is 1.03 bits per heavy atom. The fraction of sp³-hybridized carbons (Fsp3) is 0.273. The number of rotatable bonds is 5. The Morgan fingerprint density at radius 3 is 2.48 bits per heavy atom.